The molecule has 3 atom stereocenters. The summed E-state index contributed by atoms with van der Waals surface area (Å²) >= 11 is 0. The number of amides is 2. The third-order valence-corrected chi connectivity index (χ3v) is 5.97. The van der Waals surface area contributed by atoms with Crippen LogP contribution in [0.15, 0.2) is 29.2 Å². The van der Waals surface area contributed by atoms with E-state index in [-0.39, 0.29) is 10.8 Å². The summed E-state index contributed by atoms with van der Waals surface area (Å²) in [5.74, 6) is -1.92. The molecule has 0 fully saturated rings. The number of ether oxygens (including phenoxy) is 2. The molecule has 10 nitrogen and oxygen atoms in total. The number of carbonyl (C=O) groups is 3. The minimum atomic E-state index is -4.18. The van der Waals surface area contributed by atoms with E-state index < -0.39 is 52.4 Å². The molecular formula is C22H34N2O8S. The van der Waals surface area contributed by atoms with Crippen LogP contribution in [0.1, 0.15) is 46.6 Å². The molecule has 0 radical (unpaired) electrons. The molecule has 33 heavy (non-hydrogen) atoms. The summed E-state index contributed by atoms with van der Waals surface area (Å²) in [6, 6.07) is 3.50. The van der Waals surface area contributed by atoms with Crippen molar-refractivity contribution in [2.24, 2.45) is 5.92 Å². The number of alkyl carbamates (subject to hydrolysis) is 1. The molecule has 186 valence electrons. The molecule has 0 aliphatic rings. The maximum atomic E-state index is 12.9. The van der Waals surface area contributed by atoms with Crippen LogP contribution in [0.2, 0.25) is 0 Å². The second kappa shape index (κ2) is 12.0. The van der Waals surface area contributed by atoms with E-state index in [2.05, 4.69) is 15.4 Å². The topological polar surface area (TPSA) is 137 Å². The molecule has 0 unspecified atom stereocenters. The van der Waals surface area contributed by atoms with Gasteiger partial charge in [-0.25, -0.2) is 9.59 Å². The molecule has 0 saturated heterocycles. The predicted octanol–water partition coefficient (Wildman–Crippen LogP) is 2.30. The normalized spacial score (nSPS) is 14.5. The van der Waals surface area contributed by atoms with E-state index in [1.165, 1.54) is 12.1 Å². The Balaban J connectivity index is 2.97. The molecule has 0 aliphatic carbocycles. The molecule has 2 N–H and O–H groups in total. The molecule has 11 heteroatoms. The van der Waals surface area contributed by atoms with Crippen molar-refractivity contribution in [2.75, 3.05) is 13.7 Å². The average Bonchev–Trinajstić information content (AvgIpc) is 2.72. The zero-order valence-electron chi connectivity index (χ0n) is 20.1. The Hall–Kier alpha value is -2.66. The molecule has 0 spiro atoms. The van der Waals surface area contributed by atoms with Gasteiger partial charge in [0.15, 0.2) is 6.04 Å². The van der Waals surface area contributed by atoms with Crippen molar-refractivity contribution >= 4 is 28.1 Å². The van der Waals surface area contributed by atoms with Gasteiger partial charge in [-0.1, -0.05) is 38.0 Å². The van der Waals surface area contributed by atoms with E-state index in [4.69, 9.17) is 8.92 Å². The molecule has 1 aromatic rings. The van der Waals surface area contributed by atoms with Crippen molar-refractivity contribution in [2.45, 2.75) is 70.5 Å². The Morgan fingerprint density at radius 3 is 2.12 bits per heavy atom. The van der Waals surface area contributed by atoms with Crippen molar-refractivity contribution in [3.05, 3.63) is 29.8 Å². The SMILES string of the molecule is CC[C@H](C)[C@H](NC(=O)OC(C)(C)C)C(=O)N[C@H](COS(=O)(=O)c1ccc(C)cc1)C(=O)OC. The first-order valence-corrected chi connectivity index (χ1v) is 11.9. The molecule has 1 aromatic carbocycles. The van der Waals surface area contributed by atoms with Crippen molar-refractivity contribution in [1.82, 2.24) is 10.6 Å². The van der Waals surface area contributed by atoms with Gasteiger partial charge < -0.3 is 20.1 Å². The number of esters is 1. The van der Waals surface area contributed by atoms with E-state index in [9.17, 15) is 22.8 Å². The highest BCUT2D eigenvalue weighted by Gasteiger charge is 2.32. The van der Waals surface area contributed by atoms with Crippen molar-refractivity contribution in [1.29, 1.82) is 0 Å². The van der Waals surface area contributed by atoms with Crippen LogP contribution < -0.4 is 10.6 Å². The fourth-order valence-corrected chi connectivity index (χ4v) is 3.56. The second-order valence-corrected chi connectivity index (χ2v) is 10.3. The number of nitrogens with one attached hydrogen (secondary N) is 2. The van der Waals surface area contributed by atoms with Gasteiger partial charge in [0.25, 0.3) is 10.1 Å². The van der Waals surface area contributed by atoms with E-state index in [1.807, 2.05) is 6.92 Å². The number of methoxy groups -OCH3 is 1. The lowest BCUT2D eigenvalue weighted by molar-refractivity contribution is -0.146. The van der Waals surface area contributed by atoms with Crippen molar-refractivity contribution in [3.8, 4) is 0 Å². The summed E-state index contributed by atoms with van der Waals surface area (Å²) in [6.45, 7) is 9.75. The van der Waals surface area contributed by atoms with Gasteiger partial charge in [0, 0.05) is 0 Å². The molecule has 0 aliphatic heterocycles. The van der Waals surface area contributed by atoms with Crippen LogP contribution >= 0.6 is 0 Å². The van der Waals surface area contributed by atoms with E-state index in [0.29, 0.717) is 6.42 Å². The first-order valence-electron chi connectivity index (χ1n) is 10.5. The van der Waals surface area contributed by atoms with Crippen LogP contribution in [0.4, 0.5) is 4.79 Å². The molecule has 1 rings (SSSR count). The van der Waals surface area contributed by atoms with Gasteiger partial charge in [-0.15, -0.1) is 0 Å². The largest absolute Gasteiger partial charge is 0.467 e. The monoisotopic (exact) mass is 486 g/mol. The van der Waals surface area contributed by atoms with Gasteiger partial charge >= 0.3 is 12.1 Å². The lowest BCUT2D eigenvalue weighted by atomic mass is 9.98. The summed E-state index contributed by atoms with van der Waals surface area (Å²) in [4.78, 5) is 37.2. The number of aryl methyl sites for hydroxylation is 1. The molecule has 0 heterocycles. The van der Waals surface area contributed by atoms with Gasteiger partial charge in [0.05, 0.1) is 18.6 Å². The summed E-state index contributed by atoms with van der Waals surface area (Å²) in [7, 11) is -3.08. The lowest BCUT2D eigenvalue weighted by Gasteiger charge is -2.27. The van der Waals surface area contributed by atoms with Crippen LogP contribution in [-0.2, 0) is 33.4 Å². The highest BCUT2D eigenvalue weighted by Crippen LogP contribution is 2.15. The van der Waals surface area contributed by atoms with Gasteiger partial charge in [-0.05, 0) is 45.7 Å². The average molecular weight is 487 g/mol. The van der Waals surface area contributed by atoms with Crippen molar-refractivity contribution < 1.29 is 36.5 Å². The van der Waals surface area contributed by atoms with Gasteiger partial charge in [-0.3, -0.25) is 8.98 Å². The minimum Gasteiger partial charge on any atom is -0.467 e. The quantitative estimate of drug-likeness (QED) is 0.380. The molecule has 2 amide bonds. The summed E-state index contributed by atoms with van der Waals surface area (Å²) in [5, 5.41) is 4.92. The number of hydrogen-bond donors (Lipinski definition) is 2. The van der Waals surface area contributed by atoms with Gasteiger partial charge in [-0.2, -0.15) is 8.42 Å². The third-order valence-electron chi connectivity index (χ3n) is 4.67. The first kappa shape index (κ1) is 28.4. The predicted molar refractivity (Wildman–Crippen MR) is 121 cm³/mol. The fraction of sp³-hybridized carbons (Fsp3) is 0.591. The summed E-state index contributed by atoms with van der Waals surface area (Å²) in [6.07, 6.45) is -0.259. The Labute approximate surface area is 195 Å². The highest BCUT2D eigenvalue weighted by atomic mass is 32.2. The minimum absolute atomic E-state index is 0.0906. The summed E-state index contributed by atoms with van der Waals surface area (Å²) < 4.78 is 39.8. The zero-order chi connectivity index (χ0) is 25.4. The molecular weight excluding hydrogens is 452 g/mol. The Kier molecular flexibility index (Phi) is 10.3. The smallest absolute Gasteiger partial charge is 0.408 e. The number of carbonyl (C=O) groups excluding carboxylic acids is 3. The summed E-state index contributed by atoms with van der Waals surface area (Å²) in [5.41, 5.74) is 0.0926. The molecule has 0 aromatic heterocycles. The maximum Gasteiger partial charge on any atom is 0.408 e. The zero-order valence-corrected chi connectivity index (χ0v) is 20.9. The number of benzene rings is 1. The lowest BCUT2D eigenvalue weighted by Crippen LogP contribution is -2.56. The van der Waals surface area contributed by atoms with Crippen LogP contribution in [-0.4, -0.2) is 57.8 Å². The van der Waals surface area contributed by atoms with E-state index >= 15 is 0 Å². The standard InChI is InChI=1S/C22H34N2O8S/c1-8-15(3)18(24-21(27)32-22(4,5)6)19(25)23-17(20(26)30-7)13-31-33(28,29)16-11-9-14(2)10-12-16/h9-12,15,17-18H,8,13H2,1-7H3,(H,23,25)(H,24,27)/t15-,17+,18-/m0/s1. The van der Waals surface area contributed by atoms with Crippen LogP contribution in [0, 0.1) is 12.8 Å². The second-order valence-electron chi connectivity index (χ2n) is 8.65. The maximum absolute atomic E-state index is 12.9. The third kappa shape index (κ3) is 9.39. The Morgan fingerprint density at radius 2 is 1.64 bits per heavy atom. The highest BCUT2D eigenvalue weighted by molar-refractivity contribution is 7.86. The molecule has 0 saturated carbocycles. The van der Waals surface area contributed by atoms with Crippen LogP contribution in [0.3, 0.4) is 0 Å². The van der Waals surface area contributed by atoms with Gasteiger partial charge in [0.2, 0.25) is 5.91 Å². The van der Waals surface area contributed by atoms with E-state index in [1.54, 1.807) is 46.8 Å². The molecule has 0 bridgehead atoms. The van der Waals surface area contributed by atoms with E-state index in [0.717, 1.165) is 12.7 Å². The first-order chi connectivity index (χ1) is 15.2. The fourth-order valence-electron chi connectivity index (χ4n) is 2.64. The Bertz CT molecular complexity index is 923. The van der Waals surface area contributed by atoms with Crippen molar-refractivity contribution in [3.63, 3.8) is 0 Å². The van der Waals surface area contributed by atoms with Gasteiger partial charge in [0.1, 0.15) is 11.6 Å². The number of rotatable bonds is 10. The van der Waals surface area contributed by atoms with Crippen LogP contribution in [0.5, 0.6) is 0 Å². The van der Waals surface area contributed by atoms with Crippen LogP contribution in [0.25, 0.3) is 0 Å². The number of hydrogen-bond acceptors (Lipinski definition) is 8. The Morgan fingerprint density at radius 1 is 1.06 bits per heavy atom.